The van der Waals surface area contributed by atoms with Crippen LogP contribution in [0, 0.1) is 5.92 Å². The molecular formula is C17H26O3S. The second kappa shape index (κ2) is 7.95. The Morgan fingerprint density at radius 2 is 1.71 bits per heavy atom. The molecule has 3 nitrogen and oxygen atoms in total. The molecule has 0 bridgehead atoms. The van der Waals surface area contributed by atoms with Crippen LogP contribution in [0.5, 0.6) is 0 Å². The van der Waals surface area contributed by atoms with E-state index in [1.165, 1.54) is 51.0 Å². The Hall–Kier alpha value is -0.870. The quantitative estimate of drug-likeness (QED) is 0.590. The van der Waals surface area contributed by atoms with Crippen molar-refractivity contribution in [3.05, 3.63) is 29.8 Å². The van der Waals surface area contributed by atoms with Crippen LogP contribution in [0.3, 0.4) is 0 Å². The number of unbranched alkanes of at least 4 members (excludes halogenated alkanes) is 2. The highest BCUT2D eigenvalue weighted by molar-refractivity contribution is 7.85. The van der Waals surface area contributed by atoms with E-state index in [1.807, 2.05) is 6.07 Å². The summed E-state index contributed by atoms with van der Waals surface area (Å²) in [5, 5.41) is 0. The zero-order chi connectivity index (χ0) is 15.1. The van der Waals surface area contributed by atoms with E-state index in [1.54, 1.807) is 12.1 Å². The zero-order valence-electron chi connectivity index (χ0n) is 12.6. The fourth-order valence-corrected chi connectivity index (χ4v) is 4.12. The third kappa shape index (κ3) is 5.44. The van der Waals surface area contributed by atoms with Gasteiger partial charge in [0.2, 0.25) is 0 Å². The highest BCUT2D eigenvalue weighted by Gasteiger charge is 2.15. The first-order chi connectivity index (χ1) is 10.1. The van der Waals surface area contributed by atoms with Crippen LogP contribution in [-0.2, 0) is 16.5 Å². The molecule has 1 aliphatic carbocycles. The summed E-state index contributed by atoms with van der Waals surface area (Å²) < 4.78 is 31.8. The van der Waals surface area contributed by atoms with Crippen molar-refractivity contribution >= 4 is 10.1 Å². The second-order valence-corrected chi connectivity index (χ2v) is 7.58. The lowest BCUT2D eigenvalue weighted by Gasteiger charge is -2.21. The van der Waals surface area contributed by atoms with Crippen molar-refractivity contribution in [3.63, 3.8) is 0 Å². The van der Waals surface area contributed by atoms with Crippen molar-refractivity contribution in [2.75, 3.05) is 0 Å². The summed E-state index contributed by atoms with van der Waals surface area (Å²) in [7, 11) is -4.09. The van der Waals surface area contributed by atoms with Gasteiger partial charge < -0.3 is 0 Å². The Morgan fingerprint density at radius 1 is 1.00 bits per heavy atom. The van der Waals surface area contributed by atoms with Crippen LogP contribution in [0.15, 0.2) is 29.2 Å². The van der Waals surface area contributed by atoms with Gasteiger partial charge in [-0.15, -0.1) is 0 Å². The monoisotopic (exact) mass is 310 g/mol. The van der Waals surface area contributed by atoms with Gasteiger partial charge in [-0.25, -0.2) is 0 Å². The molecule has 0 radical (unpaired) electrons. The Balaban J connectivity index is 1.74. The van der Waals surface area contributed by atoms with Crippen molar-refractivity contribution in [3.8, 4) is 0 Å². The van der Waals surface area contributed by atoms with Gasteiger partial charge in [-0.05, 0) is 30.4 Å². The second-order valence-electron chi connectivity index (χ2n) is 6.19. The number of rotatable bonds is 7. The average Bonchev–Trinajstić information content (AvgIpc) is 2.47. The molecule has 1 fully saturated rings. The van der Waals surface area contributed by atoms with E-state index in [4.69, 9.17) is 0 Å². The molecule has 2 rings (SSSR count). The zero-order valence-corrected chi connectivity index (χ0v) is 13.4. The number of hydrogen-bond acceptors (Lipinski definition) is 2. The molecule has 0 aliphatic heterocycles. The third-order valence-corrected chi connectivity index (χ3v) is 5.49. The molecular weight excluding hydrogens is 284 g/mol. The molecule has 1 N–H and O–H groups in total. The van der Waals surface area contributed by atoms with Crippen molar-refractivity contribution in [2.45, 2.75) is 69.1 Å². The molecule has 1 aromatic carbocycles. The molecule has 0 aromatic heterocycles. The minimum Gasteiger partial charge on any atom is -0.282 e. The molecule has 21 heavy (non-hydrogen) atoms. The highest BCUT2D eigenvalue weighted by atomic mass is 32.2. The van der Waals surface area contributed by atoms with Crippen LogP contribution in [0.2, 0.25) is 0 Å². The fraction of sp³-hybridized carbons (Fsp3) is 0.647. The van der Waals surface area contributed by atoms with E-state index in [2.05, 4.69) is 0 Å². The topological polar surface area (TPSA) is 54.4 Å². The van der Waals surface area contributed by atoms with Gasteiger partial charge in [0.05, 0.1) is 4.90 Å². The van der Waals surface area contributed by atoms with E-state index in [9.17, 15) is 13.0 Å². The predicted molar refractivity (Wildman–Crippen MR) is 85.0 cm³/mol. The Labute approximate surface area is 128 Å². The van der Waals surface area contributed by atoms with Gasteiger partial charge in [0.25, 0.3) is 10.1 Å². The van der Waals surface area contributed by atoms with Crippen LogP contribution in [0.4, 0.5) is 0 Å². The van der Waals surface area contributed by atoms with E-state index in [-0.39, 0.29) is 4.90 Å². The van der Waals surface area contributed by atoms with E-state index < -0.39 is 10.1 Å². The first-order valence-corrected chi connectivity index (χ1v) is 9.57. The highest BCUT2D eigenvalue weighted by Crippen LogP contribution is 2.28. The Bertz CT molecular complexity index is 531. The molecule has 0 atom stereocenters. The molecule has 0 heterocycles. The fourth-order valence-electron chi connectivity index (χ4n) is 3.36. The van der Waals surface area contributed by atoms with Crippen molar-refractivity contribution < 1.29 is 13.0 Å². The molecule has 0 unspecified atom stereocenters. The minimum absolute atomic E-state index is 0.0669. The van der Waals surface area contributed by atoms with Gasteiger partial charge in [0.1, 0.15) is 0 Å². The first kappa shape index (κ1) is 16.5. The number of aryl methyl sites for hydroxylation is 1. The van der Waals surface area contributed by atoms with Crippen molar-refractivity contribution in [2.24, 2.45) is 5.92 Å². The SMILES string of the molecule is O=S(=O)(O)c1ccccc1CCCCCC1CCCCC1. The largest absolute Gasteiger partial charge is 0.294 e. The number of benzene rings is 1. The Morgan fingerprint density at radius 3 is 2.43 bits per heavy atom. The summed E-state index contributed by atoms with van der Waals surface area (Å²) in [5.74, 6) is 0.920. The van der Waals surface area contributed by atoms with E-state index in [0.717, 1.165) is 30.7 Å². The Kier molecular flexibility index (Phi) is 6.24. The summed E-state index contributed by atoms with van der Waals surface area (Å²) >= 11 is 0. The normalized spacial score (nSPS) is 17.0. The van der Waals surface area contributed by atoms with Gasteiger partial charge >= 0.3 is 0 Å². The molecule has 1 saturated carbocycles. The molecule has 118 valence electrons. The molecule has 1 aromatic rings. The average molecular weight is 310 g/mol. The van der Waals surface area contributed by atoms with Crippen LogP contribution in [0.1, 0.15) is 63.4 Å². The van der Waals surface area contributed by atoms with Crippen LogP contribution in [-0.4, -0.2) is 13.0 Å². The minimum atomic E-state index is -4.09. The molecule has 1 aliphatic rings. The summed E-state index contributed by atoms with van der Waals surface area (Å²) in [4.78, 5) is 0.0669. The lowest BCUT2D eigenvalue weighted by Crippen LogP contribution is -2.06. The van der Waals surface area contributed by atoms with Gasteiger partial charge in [0.15, 0.2) is 0 Å². The standard InChI is InChI=1S/C17H26O3S/c18-21(19,20)17-14-8-7-13-16(17)12-6-2-5-11-15-9-3-1-4-10-15/h7-8,13-15H,1-6,9-12H2,(H,18,19,20). The maximum atomic E-state index is 11.3. The van der Waals surface area contributed by atoms with E-state index in [0.29, 0.717) is 0 Å². The molecule has 4 heteroatoms. The van der Waals surface area contributed by atoms with Gasteiger partial charge in [0, 0.05) is 0 Å². The third-order valence-electron chi connectivity index (χ3n) is 4.53. The van der Waals surface area contributed by atoms with E-state index >= 15 is 0 Å². The maximum Gasteiger partial charge on any atom is 0.294 e. The van der Waals surface area contributed by atoms with Gasteiger partial charge in [-0.1, -0.05) is 69.6 Å². The first-order valence-electron chi connectivity index (χ1n) is 8.13. The van der Waals surface area contributed by atoms with Crippen LogP contribution < -0.4 is 0 Å². The van der Waals surface area contributed by atoms with Gasteiger partial charge in [-0.3, -0.25) is 4.55 Å². The van der Waals surface area contributed by atoms with Gasteiger partial charge in [-0.2, -0.15) is 8.42 Å². The predicted octanol–water partition coefficient (Wildman–Crippen LogP) is 4.62. The van der Waals surface area contributed by atoms with Crippen molar-refractivity contribution in [1.82, 2.24) is 0 Å². The smallest absolute Gasteiger partial charge is 0.282 e. The summed E-state index contributed by atoms with van der Waals surface area (Å²) in [5.41, 5.74) is 0.734. The molecule has 0 spiro atoms. The maximum absolute atomic E-state index is 11.3. The molecule has 0 amide bonds. The summed E-state index contributed by atoms with van der Waals surface area (Å²) in [6.07, 6.45) is 12.4. The van der Waals surface area contributed by atoms with Crippen LogP contribution in [0.25, 0.3) is 0 Å². The summed E-state index contributed by atoms with van der Waals surface area (Å²) in [6.45, 7) is 0. The molecule has 0 saturated heterocycles. The lowest BCUT2D eigenvalue weighted by atomic mass is 9.85. The lowest BCUT2D eigenvalue weighted by molar-refractivity contribution is 0.328. The number of hydrogen-bond donors (Lipinski definition) is 1. The van der Waals surface area contributed by atoms with Crippen LogP contribution >= 0.6 is 0 Å². The van der Waals surface area contributed by atoms with Crippen molar-refractivity contribution in [1.29, 1.82) is 0 Å². The summed E-state index contributed by atoms with van der Waals surface area (Å²) in [6, 6.07) is 6.75.